The van der Waals surface area contributed by atoms with E-state index in [2.05, 4.69) is 18.2 Å². The molecule has 0 spiro atoms. The van der Waals surface area contributed by atoms with E-state index < -0.39 is 0 Å². The molecule has 33 heavy (non-hydrogen) atoms. The number of hydrogen-bond donors (Lipinski definition) is 1. The van der Waals surface area contributed by atoms with E-state index in [-0.39, 0.29) is 6.61 Å². The Balaban J connectivity index is 1.99. The van der Waals surface area contributed by atoms with Gasteiger partial charge in [-0.3, -0.25) is 0 Å². The number of aliphatic hydroxyl groups is 1. The normalized spacial score (nSPS) is 12.3. The van der Waals surface area contributed by atoms with Crippen LogP contribution in [0.3, 0.4) is 0 Å². The maximum Gasteiger partial charge on any atom is 0.161 e. The summed E-state index contributed by atoms with van der Waals surface area (Å²) >= 11 is 0. The predicted octanol–water partition coefficient (Wildman–Crippen LogP) is 4.31. The van der Waals surface area contributed by atoms with Crippen molar-refractivity contribution in [1.29, 1.82) is 0 Å². The molecule has 174 valence electrons. The van der Waals surface area contributed by atoms with E-state index in [1.165, 1.54) is 0 Å². The number of benzene rings is 3. The number of fused-ring (bicyclic) bond motifs is 3. The van der Waals surface area contributed by atoms with E-state index >= 15 is 0 Å². The Morgan fingerprint density at radius 2 is 0.758 bits per heavy atom. The summed E-state index contributed by atoms with van der Waals surface area (Å²) in [5, 5.41) is 9.92. The van der Waals surface area contributed by atoms with Gasteiger partial charge in [0.05, 0.1) is 42.2 Å². The molecule has 1 N–H and O–H groups in total. The summed E-state index contributed by atoms with van der Waals surface area (Å²) in [5.41, 5.74) is 7.64. The molecule has 0 heterocycles. The average Bonchev–Trinajstić information content (AvgIpc) is 2.90. The van der Waals surface area contributed by atoms with Crippen LogP contribution in [0.1, 0.15) is 38.9 Å². The van der Waals surface area contributed by atoms with Gasteiger partial charge in [0.15, 0.2) is 23.0 Å². The molecule has 0 saturated carbocycles. The van der Waals surface area contributed by atoms with Gasteiger partial charge in [-0.2, -0.15) is 0 Å². The van der Waals surface area contributed by atoms with Crippen LogP contribution >= 0.6 is 0 Å². The van der Waals surface area contributed by atoms with Crippen molar-refractivity contribution in [3.63, 3.8) is 0 Å². The third-order valence-electron chi connectivity index (χ3n) is 6.33. The van der Waals surface area contributed by atoms with Crippen LogP contribution in [0.4, 0.5) is 0 Å². The molecule has 6 heteroatoms. The smallest absolute Gasteiger partial charge is 0.161 e. The van der Waals surface area contributed by atoms with Crippen molar-refractivity contribution in [2.24, 2.45) is 0 Å². The molecular weight excluding hydrogens is 420 g/mol. The molecule has 0 unspecified atom stereocenters. The predicted molar refractivity (Wildman–Crippen MR) is 126 cm³/mol. The maximum absolute atomic E-state index is 9.92. The van der Waals surface area contributed by atoms with E-state index in [0.29, 0.717) is 48.0 Å². The van der Waals surface area contributed by atoms with Gasteiger partial charge in [0.1, 0.15) is 5.75 Å². The summed E-state index contributed by atoms with van der Waals surface area (Å²) in [7, 11) is 8.23. The van der Waals surface area contributed by atoms with Crippen LogP contribution in [-0.4, -0.2) is 40.7 Å². The zero-order valence-corrected chi connectivity index (χ0v) is 19.8. The molecule has 6 nitrogen and oxygen atoms in total. The highest BCUT2D eigenvalue weighted by Crippen LogP contribution is 2.39. The van der Waals surface area contributed by atoms with Crippen molar-refractivity contribution < 1.29 is 28.8 Å². The maximum atomic E-state index is 9.92. The van der Waals surface area contributed by atoms with Gasteiger partial charge in [0.2, 0.25) is 0 Å². The molecule has 0 atom stereocenters. The Morgan fingerprint density at radius 3 is 1.03 bits per heavy atom. The molecule has 0 saturated heterocycles. The lowest BCUT2D eigenvalue weighted by molar-refractivity contribution is 0.273. The van der Waals surface area contributed by atoms with Crippen molar-refractivity contribution in [2.75, 3.05) is 35.5 Å². The first-order chi connectivity index (χ1) is 16.0. The number of ether oxygens (including phenoxy) is 5. The number of hydrogen-bond acceptors (Lipinski definition) is 6. The number of methoxy groups -OCH3 is 5. The van der Waals surface area contributed by atoms with Crippen LogP contribution in [0.15, 0.2) is 36.4 Å². The van der Waals surface area contributed by atoms with Gasteiger partial charge in [-0.15, -0.1) is 0 Å². The Hall–Kier alpha value is -3.38. The summed E-state index contributed by atoms with van der Waals surface area (Å²) in [6, 6.07) is 12.3. The largest absolute Gasteiger partial charge is 0.496 e. The van der Waals surface area contributed by atoms with Gasteiger partial charge < -0.3 is 28.8 Å². The van der Waals surface area contributed by atoms with E-state index in [0.717, 1.165) is 38.9 Å². The van der Waals surface area contributed by atoms with Crippen LogP contribution in [0.5, 0.6) is 28.7 Å². The van der Waals surface area contributed by atoms with Gasteiger partial charge in [-0.05, 0) is 89.0 Å². The fourth-order valence-electron chi connectivity index (χ4n) is 4.56. The second kappa shape index (κ2) is 9.63. The number of aliphatic hydroxyl groups excluding tert-OH is 1. The van der Waals surface area contributed by atoms with Gasteiger partial charge in [0.25, 0.3) is 0 Å². The molecule has 0 amide bonds. The highest BCUT2D eigenvalue weighted by Gasteiger charge is 2.21. The minimum Gasteiger partial charge on any atom is -0.496 e. The van der Waals surface area contributed by atoms with Gasteiger partial charge in [-0.1, -0.05) is 0 Å². The third kappa shape index (κ3) is 4.31. The fraction of sp³-hybridized carbons (Fsp3) is 0.333. The Morgan fingerprint density at radius 1 is 0.485 bits per heavy atom. The van der Waals surface area contributed by atoms with Gasteiger partial charge in [0, 0.05) is 5.56 Å². The molecule has 0 bridgehead atoms. The zero-order valence-electron chi connectivity index (χ0n) is 19.8. The quantitative estimate of drug-likeness (QED) is 0.472. The average molecular weight is 451 g/mol. The molecule has 3 aromatic rings. The van der Waals surface area contributed by atoms with Crippen molar-refractivity contribution in [3.05, 3.63) is 75.3 Å². The molecule has 0 aromatic heterocycles. The van der Waals surface area contributed by atoms with Crippen LogP contribution in [0.25, 0.3) is 0 Å². The molecule has 1 aliphatic rings. The topological polar surface area (TPSA) is 66.4 Å². The fourth-order valence-corrected chi connectivity index (χ4v) is 4.56. The van der Waals surface area contributed by atoms with E-state index in [1.807, 2.05) is 18.2 Å². The third-order valence-corrected chi connectivity index (χ3v) is 6.33. The highest BCUT2D eigenvalue weighted by molar-refractivity contribution is 5.57. The Bertz CT molecular complexity index is 935. The van der Waals surface area contributed by atoms with Gasteiger partial charge in [-0.25, -0.2) is 0 Å². The van der Waals surface area contributed by atoms with E-state index in [1.54, 1.807) is 35.5 Å². The summed E-state index contributed by atoms with van der Waals surface area (Å²) in [5.74, 6) is 3.48. The summed E-state index contributed by atoms with van der Waals surface area (Å²) in [6.07, 6.45) is 2.11. The van der Waals surface area contributed by atoms with Crippen molar-refractivity contribution in [3.8, 4) is 28.7 Å². The first-order valence-electron chi connectivity index (χ1n) is 10.8. The first-order valence-corrected chi connectivity index (χ1v) is 10.8. The summed E-state index contributed by atoms with van der Waals surface area (Å²) in [6.45, 7) is -0.0865. The SMILES string of the molecule is COc1cc2c(cc1CO)Cc1cc(OC)c(OC)cc1Cc1cc(OC)c(OC)cc1C2. The second-order valence-electron chi connectivity index (χ2n) is 8.07. The minimum absolute atomic E-state index is 0.0865. The Kier molecular flexibility index (Phi) is 6.65. The van der Waals surface area contributed by atoms with E-state index in [4.69, 9.17) is 23.7 Å². The van der Waals surface area contributed by atoms with Crippen molar-refractivity contribution >= 4 is 0 Å². The molecule has 1 aliphatic carbocycles. The van der Waals surface area contributed by atoms with Crippen molar-refractivity contribution in [2.45, 2.75) is 25.9 Å². The Labute approximate surface area is 194 Å². The van der Waals surface area contributed by atoms with Crippen LogP contribution in [0.2, 0.25) is 0 Å². The number of rotatable bonds is 6. The van der Waals surface area contributed by atoms with Crippen LogP contribution in [0, 0.1) is 0 Å². The first kappa shape index (κ1) is 22.8. The van der Waals surface area contributed by atoms with Crippen LogP contribution in [-0.2, 0) is 25.9 Å². The summed E-state index contributed by atoms with van der Waals surface area (Å²) < 4.78 is 27.9. The van der Waals surface area contributed by atoms with Crippen LogP contribution < -0.4 is 23.7 Å². The monoisotopic (exact) mass is 450 g/mol. The lowest BCUT2D eigenvalue weighted by atomic mass is 9.92. The lowest BCUT2D eigenvalue weighted by Crippen LogP contribution is -2.03. The van der Waals surface area contributed by atoms with Gasteiger partial charge >= 0.3 is 0 Å². The zero-order chi connectivity index (χ0) is 23.5. The summed E-state index contributed by atoms with van der Waals surface area (Å²) in [4.78, 5) is 0. The van der Waals surface area contributed by atoms with E-state index in [9.17, 15) is 5.11 Å². The lowest BCUT2D eigenvalue weighted by Gasteiger charge is -2.17. The second-order valence-corrected chi connectivity index (χ2v) is 8.07. The molecule has 0 fully saturated rings. The highest BCUT2D eigenvalue weighted by atomic mass is 16.5. The molecule has 3 aromatic carbocycles. The molecule has 4 rings (SSSR count). The minimum atomic E-state index is -0.0865. The standard InChI is InChI=1S/C27H30O6/c1-29-23-10-17-7-19-12-25(31-3)27(33-5)14-21(19)8-20-13-26(32-4)24(30-2)11-18(20)6-16(17)9-22(23)15-28/h9-14,28H,6-8,15H2,1-5H3. The molecule has 0 aliphatic heterocycles. The molecular formula is C27H30O6. The molecule has 0 radical (unpaired) electrons. The van der Waals surface area contributed by atoms with Crippen molar-refractivity contribution in [1.82, 2.24) is 0 Å².